The number of hydrogen-bond donors (Lipinski definition) is 2. The molecule has 2 aliphatic rings. The van der Waals surface area contributed by atoms with Crippen molar-refractivity contribution in [3.05, 3.63) is 0 Å². The summed E-state index contributed by atoms with van der Waals surface area (Å²) in [5.41, 5.74) is 0. The van der Waals surface area contributed by atoms with Gasteiger partial charge in [0.1, 0.15) is 0 Å². The van der Waals surface area contributed by atoms with Crippen LogP contribution in [0.3, 0.4) is 0 Å². The maximum Gasteiger partial charge on any atom is 0.191 e. The van der Waals surface area contributed by atoms with E-state index in [1.54, 1.807) is 0 Å². The zero-order chi connectivity index (χ0) is 19.2. The minimum Gasteiger partial charge on any atom is -0.379 e. The van der Waals surface area contributed by atoms with Crippen molar-refractivity contribution >= 4 is 29.9 Å². The number of nitrogens with one attached hydrogen (secondary N) is 2. The predicted octanol–water partition coefficient (Wildman–Crippen LogP) is 3.40. The number of aliphatic imine (C=N–C) groups is 1. The molecule has 0 aromatic heterocycles. The molecule has 0 atom stereocenters. The molecule has 166 valence electrons. The van der Waals surface area contributed by atoms with E-state index in [1.807, 2.05) is 0 Å². The Bertz CT molecular complexity index is 398. The molecule has 1 saturated heterocycles. The van der Waals surface area contributed by atoms with Gasteiger partial charge in [-0.2, -0.15) is 0 Å². The summed E-state index contributed by atoms with van der Waals surface area (Å²) in [6.07, 6.45) is 10.4. The van der Waals surface area contributed by atoms with Gasteiger partial charge in [-0.25, -0.2) is 0 Å². The average Bonchev–Trinajstić information content (AvgIpc) is 3.22. The summed E-state index contributed by atoms with van der Waals surface area (Å²) < 4.78 is 11.1. The van der Waals surface area contributed by atoms with Gasteiger partial charge in [0.15, 0.2) is 5.96 Å². The van der Waals surface area contributed by atoms with Gasteiger partial charge in [0.25, 0.3) is 0 Å². The van der Waals surface area contributed by atoms with Crippen LogP contribution in [-0.2, 0) is 9.47 Å². The number of guanidine groups is 1. The van der Waals surface area contributed by atoms with Crippen molar-refractivity contribution in [2.24, 2.45) is 4.99 Å². The zero-order valence-corrected chi connectivity index (χ0v) is 20.4. The highest BCUT2D eigenvalue weighted by Crippen LogP contribution is 2.26. The van der Waals surface area contributed by atoms with E-state index in [1.165, 1.54) is 58.0 Å². The molecule has 1 heterocycles. The maximum atomic E-state index is 5.61. The van der Waals surface area contributed by atoms with Gasteiger partial charge in [0.2, 0.25) is 0 Å². The minimum absolute atomic E-state index is 0. The fourth-order valence-electron chi connectivity index (χ4n) is 3.98. The maximum absolute atomic E-state index is 5.61. The van der Waals surface area contributed by atoms with Crippen LogP contribution in [0.1, 0.15) is 65.2 Å². The van der Waals surface area contributed by atoms with Gasteiger partial charge in [-0.3, -0.25) is 4.99 Å². The zero-order valence-electron chi connectivity index (χ0n) is 18.1. The summed E-state index contributed by atoms with van der Waals surface area (Å²) in [5.74, 6) is 0.930. The number of halogens is 1. The van der Waals surface area contributed by atoms with Gasteiger partial charge in [-0.15, -0.1) is 24.0 Å². The van der Waals surface area contributed by atoms with E-state index in [4.69, 9.17) is 9.47 Å². The van der Waals surface area contributed by atoms with Crippen LogP contribution in [0.2, 0.25) is 0 Å². The minimum atomic E-state index is 0. The number of ether oxygens (including phenoxy) is 2. The van der Waals surface area contributed by atoms with Gasteiger partial charge in [0, 0.05) is 38.3 Å². The van der Waals surface area contributed by atoms with Crippen LogP contribution >= 0.6 is 24.0 Å². The van der Waals surface area contributed by atoms with E-state index in [-0.39, 0.29) is 24.0 Å². The lowest BCUT2D eigenvalue weighted by molar-refractivity contribution is 0.0497. The topological polar surface area (TPSA) is 58.1 Å². The molecule has 0 bridgehead atoms. The van der Waals surface area contributed by atoms with Crippen molar-refractivity contribution in [3.8, 4) is 0 Å². The molecular formula is C21H43IN4O2. The number of rotatable bonds is 12. The Hall–Kier alpha value is -0.120. The van der Waals surface area contributed by atoms with Crippen LogP contribution in [-0.4, -0.2) is 75.5 Å². The first-order chi connectivity index (χ1) is 13.3. The second-order valence-electron chi connectivity index (χ2n) is 7.73. The summed E-state index contributed by atoms with van der Waals surface area (Å²) in [6.45, 7) is 11.1. The Morgan fingerprint density at radius 2 is 1.64 bits per heavy atom. The lowest BCUT2D eigenvalue weighted by atomic mass is 10.0. The van der Waals surface area contributed by atoms with Gasteiger partial charge >= 0.3 is 0 Å². The Labute approximate surface area is 189 Å². The molecule has 0 aromatic carbocycles. The number of hydrogen-bond acceptors (Lipinski definition) is 4. The lowest BCUT2D eigenvalue weighted by Gasteiger charge is -2.36. The van der Waals surface area contributed by atoms with Crippen molar-refractivity contribution < 1.29 is 9.47 Å². The molecular weight excluding hydrogens is 467 g/mol. The molecule has 2 N–H and O–H groups in total. The monoisotopic (exact) mass is 510 g/mol. The summed E-state index contributed by atoms with van der Waals surface area (Å²) in [5, 5.41) is 6.99. The third-order valence-electron chi connectivity index (χ3n) is 5.58. The number of nitrogens with zero attached hydrogens (tertiary/aromatic N) is 2. The molecule has 1 aliphatic carbocycles. The Kier molecular flexibility index (Phi) is 15.4. The Morgan fingerprint density at radius 1 is 0.964 bits per heavy atom. The molecule has 1 aliphatic heterocycles. The number of piperidine rings is 1. The highest BCUT2D eigenvalue weighted by atomic mass is 127. The van der Waals surface area contributed by atoms with Crippen LogP contribution in [0.5, 0.6) is 0 Å². The second kappa shape index (κ2) is 16.7. The third-order valence-corrected chi connectivity index (χ3v) is 5.58. The molecule has 7 heteroatoms. The Morgan fingerprint density at radius 3 is 2.29 bits per heavy atom. The molecule has 28 heavy (non-hydrogen) atoms. The summed E-state index contributed by atoms with van der Waals surface area (Å²) in [7, 11) is 0. The van der Waals surface area contributed by atoms with E-state index in [2.05, 4.69) is 34.4 Å². The van der Waals surface area contributed by atoms with E-state index in [0.29, 0.717) is 32.4 Å². The molecule has 1 saturated carbocycles. The smallest absolute Gasteiger partial charge is 0.191 e. The SMILES string of the molecule is CCCCOCCOCCN=C(NCC)NC1CCN(C2CCCC2)CC1.I. The first kappa shape index (κ1) is 25.9. The van der Waals surface area contributed by atoms with Gasteiger partial charge in [0.05, 0.1) is 26.4 Å². The molecule has 2 rings (SSSR count). The fourth-order valence-corrected chi connectivity index (χ4v) is 3.98. The summed E-state index contributed by atoms with van der Waals surface area (Å²) in [6, 6.07) is 1.39. The van der Waals surface area contributed by atoms with Crippen molar-refractivity contribution in [2.75, 3.05) is 52.6 Å². The van der Waals surface area contributed by atoms with Crippen molar-refractivity contribution in [3.63, 3.8) is 0 Å². The van der Waals surface area contributed by atoms with Gasteiger partial charge in [-0.1, -0.05) is 26.2 Å². The van der Waals surface area contributed by atoms with Crippen molar-refractivity contribution in [1.82, 2.24) is 15.5 Å². The highest BCUT2D eigenvalue weighted by molar-refractivity contribution is 14.0. The van der Waals surface area contributed by atoms with Crippen LogP contribution in [0.25, 0.3) is 0 Å². The van der Waals surface area contributed by atoms with E-state index < -0.39 is 0 Å². The molecule has 0 aromatic rings. The first-order valence-electron chi connectivity index (χ1n) is 11.3. The van der Waals surface area contributed by atoms with Crippen LogP contribution < -0.4 is 10.6 Å². The Balaban J connectivity index is 0.00000392. The summed E-state index contributed by atoms with van der Waals surface area (Å²) >= 11 is 0. The normalized spacial score (nSPS) is 19.6. The molecule has 0 radical (unpaired) electrons. The average molecular weight is 511 g/mol. The van der Waals surface area contributed by atoms with Crippen LogP contribution in [0.15, 0.2) is 4.99 Å². The van der Waals surface area contributed by atoms with Gasteiger partial charge in [-0.05, 0) is 39.0 Å². The van der Waals surface area contributed by atoms with Crippen molar-refractivity contribution in [2.45, 2.75) is 77.3 Å². The van der Waals surface area contributed by atoms with E-state index in [9.17, 15) is 0 Å². The quantitative estimate of drug-likeness (QED) is 0.183. The van der Waals surface area contributed by atoms with Gasteiger partial charge < -0.3 is 25.0 Å². The second-order valence-corrected chi connectivity index (χ2v) is 7.73. The fraction of sp³-hybridized carbons (Fsp3) is 0.952. The molecule has 0 amide bonds. The van der Waals surface area contributed by atoms with Crippen molar-refractivity contribution in [1.29, 1.82) is 0 Å². The highest BCUT2D eigenvalue weighted by Gasteiger charge is 2.27. The molecule has 2 fully saturated rings. The third kappa shape index (κ3) is 10.6. The van der Waals surface area contributed by atoms with E-state index in [0.717, 1.165) is 31.6 Å². The molecule has 0 spiro atoms. The standard InChI is InChI=1S/C21H42N4O2.HI/c1-3-5-15-26-17-18-27-16-12-23-21(22-4-2)24-19-10-13-25(14-11-19)20-8-6-7-9-20;/h19-20H,3-18H2,1-2H3,(H2,22,23,24);1H. The van der Waals surface area contributed by atoms with Crippen LogP contribution in [0.4, 0.5) is 0 Å². The first-order valence-corrected chi connectivity index (χ1v) is 11.3. The summed E-state index contributed by atoms with van der Waals surface area (Å²) in [4.78, 5) is 7.38. The largest absolute Gasteiger partial charge is 0.379 e. The van der Waals surface area contributed by atoms with E-state index >= 15 is 0 Å². The predicted molar refractivity (Wildman–Crippen MR) is 128 cm³/mol. The number of unbranched alkanes of at least 4 members (excludes halogenated alkanes) is 1. The number of likely N-dealkylation sites (tertiary alicyclic amines) is 1. The lowest BCUT2D eigenvalue weighted by Crippen LogP contribution is -2.50. The van der Waals surface area contributed by atoms with Crippen LogP contribution in [0, 0.1) is 0 Å². The molecule has 6 nitrogen and oxygen atoms in total. The molecule has 0 unspecified atom stereocenters.